The molecule has 1 heterocycles. The van der Waals surface area contributed by atoms with Gasteiger partial charge in [-0.25, -0.2) is 9.37 Å². The summed E-state index contributed by atoms with van der Waals surface area (Å²) in [7, 11) is 0. The van der Waals surface area contributed by atoms with Crippen molar-refractivity contribution in [3.63, 3.8) is 0 Å². The molecular formula is C13H14FNOS2. The van der Waals surface area contributed by atoms with E-state index >= 15 is 0 Å². The topological polar surface area (TPSA) is 33.1 Å². The van der Waals surface area contributed by atoms with Gasteiger partial charge in [0.2, 0.25) is 0 Å². The lowest BCUT2D eigenvalue weighted by Gasteiger charge is -2.00. The molecule has 0 aliphatic carbocycles. The average molecular weight is 283 g/mol. The van der Waals surface area contributed by atoms with E-state index in [1.54, 1.807) is 19.1 Å². The molecule has 1 atom stereocenters. The molecule has 5 heteroatoms. The van der Waals surface area contributed by atoms with Gasteiger partial charge in [0.25, 0.3) is 0 Å². The van der Waals surface area contributed by atoms with Crippen LogP contribution in [0.25, 0.3) is 0 Å². The molecule has 2 aromatic rings. The minimum atomic E-state index is -0.491. The van der Waals surface area contributed by atoms with Gasteiger partial charge in [-0.3, -0.25) is 0 Å². The molecule has 1 N–H and O–H groups in total. The van der Waals surface area contributed by atoms with E-state index in [4.69, 9.17) is 0 Å². The number of aromatic nitrogens is 1. The van der Waals surface area contributed by atoms with Crippen LogP contribution in [0.15, 0.2) is 29.2 Å². The number of aryl methyl sites for hydroxylation is 1. The normalized spacial score (nSPS) is 12.7. The molecule has 0 aliphatic heterocycles. The van der Waals surface area contributed by atoms with Crippen molar-refractivity contribution in [2.24, 2.45) is 0 Å². The Balaban J connectivity index is 2.07. The first-order chi connectivity index (χ1) is 8.58. The van der Waals surface area contributed by atoms with Crippen molar-refractivity contribution >= 4 is 23.1 Å². The standard InChI is InChI=1S/C13H14FNOS2/c1-8-13(9(2)16)18-12(15-8)7-17-11-6-4-3-5-10(11)14/h3-6,9,16H,7H2,1-2H3. The van der Waals surface area contributed by atoms with Gasteiger partial charge in [-0.2, -0.15) is 0 Å². The summed E-state index contributed by atoms with van der Waals surface area (Å²) in [6, 6.07) is 6.71. The summed E-state index contributed by atoms with van der Waals surface area (Å²) in [5.74, 6) is 0.422. The molecule has 18 heavy (non-hydrogen) atoms. The number of thiazole rings is 1. The first-order valence-corrected chi connectivity index (χ1v) is 7.39. The third-order valence-electron chi connectivity index (χ3n) is 2.44. The van der Waals surface area contributed by atoms with E-state index in [1.807, 2.05) is 13.0 Å². The number of benzene rings is 1. The molecule has 0 aliphatic rings. The number of thioether (sulfide) groups is 1. The number of aliphatic hydroxyl groups excluding tert-OH is 1. The Morgan fingerprint density at radius 3 is 2.78 bits per heavy atom. The minimum Gasteiger partial charge on any atom is -0.388 e. The van der Waals surface area contributed by atoms with Crippen molar-refractivity contribution in [2.75, 3.05) is 0 Å². The lowest BCUT2D eigenvalue weighted by atomic mass is 10.3. The third kappa shape index (κ3) is 3.10. The molecule has 0 bridgehead atoms. The zero-order chi connectivity index (χ0) is 13.1. The Kier molecular flexibility index (Phi) is 4.37. The Morgan fingerprint density at radius 2 is 2.17 bits per heavy atom. The fourth-order valence-electron chi connectivity index (χ4n) is 1.62. The van der Waals surface area contributed by atoms with E-state index in [9.17, 15) is 9.50 Å². The van der Waals surface area contributed by atoms with Crippen LogP contribution < -0.4 is 0 Å². The summed E-state index contributed by atoms with van der Waals surface area (Å²) in [4.78, 5) is 5.91. The molecular weight excluding hydrogens is 269 g/mol. The molecule has 0 radical (unpaired) electrons. The summed E-state index contributed by atoms with van der Waals surface area (Å²) in [6.07, 6.45) is -0.491. The molecule has 0 fully saturated rings. The predicted octanol–water partition coefficient (Wildman–Crippen LogP) is 3.94. The largest absolute Gasteiger partial charge is 0.388 e. The zero-order valence-electron chi connectivity index (χ0n) is 10.2. The van der Waals surface area contributed by atoms with E-state index in [1.165, 1.54) is 29.2 Å². The van der Waals surface area contributed by atoms with Crippen LogP contribution in [-0.2, 0) is 5.75 Å². The Hall–Kier alpha value is -0.910. The quantitative estimate of drug-likeness (QED) is 0.863. The summed E-state index contributed by atoms with van der Waals surface area (Å²) < 4.78 is 13.4. The van der Waals surface area contributed by atoms with Gasteiger partial charge in [0.05, 0.1) is 22.4 Å². The second kappa shape index (κ2) is 5.82. The van der Waals surface area contributed by atoms with Crippen LogP contribution in [0.3, 0.4) is 0 Å². The molecule has 0 saturated heterocycles. The predicted molar refractivity (Wildman–Crippen MR) is 73.4 cm³/mol. The van der Waals surface area contributed by atoms with Gasteiger partial charge in [0.15, 0.2) is 0 Å². The molecule has 2 nitrogen and oxygen atoms in total. The Bertz CT molecular complexity index is 540. The number of rotatable bonds is 4. The molecule has 1 unspecified atom stereocenters. The fraction of sp³-hybridized carbons (Fsp3) is 0.308. The summed E-state index contributed by atoms with van der Waals surface area (Å²) in [5, 5.41) is 10.5. The summed E-state index contributed by atoms with van der Waals surface area (Å²) >= 11 is 2.91. The second-order valence-corrected chi connectivity index (χ2v) is 6.08. The maximum absolute atomic E-state index is 13.4. The van der Waals surface area contributed by atoms with Crippen molar-refractivity contribution in [1.29, 1.82) is 0 Å². The Labute approximate surface area is 114 Å². The van der Waals surface area contributed by atoms with Crippen molar-refractivity contribution < 1.29 is 9.50 Å². The van der Waals surface area contributed by atoms with E-state index in [-0.39, 0.29) is 5.82 Å². The maximum Gasteiger partial charge on any atom is 0.136 e. The van der Waals surface area contributed by atoms with E-state index in [0.29, 0.717) is 10.6 Å². The highest BCUT2D eigenvalue weighted by Gasteiger charge is 2.12. The number of nitrogens with zero attached hydrogens (tertiary/aromatic N) is 1. The average Bonchev–Trinajstić information content (AvgIpc) is 2.70. The van der Waals surface area contributed by atoms with Crippen LogP contribution in [0.2, 0.25) is 0 Å². The first-order valence-electron chi connectivity index (χ1n) is 5.59. The van der Waals surface area contributed by atoms with Crippen molar-refractivity contribution in [2.45, 2.75) is 30.6 Å². The van der Waals surface area contributed by atoms with Crippen LogP contribution in [0.4, 0.5) is 4.39 Å². The molecule has 1 aromatic heterocycles. The second-order valence-electron chi connectivity index (χ2n) is 3.95. The van der Waals surface area contributed by atoms with Gasteiger partial charge in [-0.05, 0) is 26.0 Å². The molecule has 0 saturated carbocycles. The first kappa shape index (κ1) is 13.5. The fourth-order valence-corrected chi connectivity index (χ4v) is 3.55. The number of hydrogen-bond donors (Lipinski definition) is 1. The molecule has 0 amide bonds. The van der Waals surface area contributed by atoms with Gasteiger partial charge >= 0.3 is 0 Å². The van der Waals surface area contributed by atoms with Gasteiger partial charge in [-0.1, -0.05) is 12.1 Å². The van der Waals surface area contributed by atoms with Crippen molar-refractivity contribution in [3.05, 3.63) is 45.7 Å². The van der Waals surface area contributed by atoms with Crippen molar-refractivity contribution in [3.8, 4) is 0 Å². The number of hydrogen-bond acceptors (Lipinski definition) is 4. The van der Waals surface area contributed by atoms with Crippen LogP contribution in [0, 0.1) is 12.7 Å². The summed E-state index contributed by atoms with van der Waals surface area (Å²) in [5.41, 5.74) is 0.860. The highest BCUT2D eigenvalue weighted by Crippen LogP contribution is 2.30. The highest BCUT2D eigenvalue weighted by molar-refractivity contribution is 7.98. The van der Waals surface area contributed by atoms with Crippen LogP contribution in [0.5, 0.6) is 0 Å². The highest BCUT2D eigenvalue weighted by atomic mass is 32.2. The van der Waals surface area contributed by atoms with E-state index in [2.05, 4.69) is 4.98 Å². The van der Waals surface area contributed by atoms with Crippen LogP contribution in [-0.4, -0.2) is 10.1 Å². The number of aliphatic hydroxyl groups is 1. The Morgan fingerprint density at radius 1 is 1.44 bits per heavy atom. The van der Waals surface area contributed by atoms with Crippen molar-refractivity contribution in [1.82, 2.24) is 4.98 Å². The van der Waals surface area contributed by atoms with Crippen LogP contribution >= 0.6 is 23.1 Å². The molecule has 0 spiro atoms. The lowest BCUT2D eigenvalue weighted by Crippen LogP contribution is -1.88. The van der Waals surface area contributed by atoms with Gasteiger partial charge in [-0.15, -0.1) is 23.1 Å². The minimum absolute atomic E-state index is 0.202. The van der Waals surface area contributed by atoms with Gasteiger partial charge in [0, 0.05) is 4.90 Å². The van der Waals surface area contributed by atoms with Gasteiger partial charge < -0.3 is 5.11 Å². The zero-order valence-corrected chi connectivity index (χ0v) is 11.8. The van der Waals surface area contributed by atoms with Crippen LogP contribution in [0.1, 0.15) is 28.6 Å². The van der Waals surface area contributed by atoms with Gasteiger partial charge in [0.1, 0.15) is 10.8 Å². The van der Waals surface area contributed by atoms with E-state index < -0.39 is 6.10 Å². The smallest absolute Gasteiger partial charge is 0.136 e. The number of halogens is 1. The third-order valence-corrected chi connectivity index (χ3v) is 5.01. The van der Waals surface area contributed by atoms with E-state index in [0.717, 1.165) is 15.6 Å². The SMILES string of the molecule is Cc1nc(CSc2ccccc2F)sc1C(C)O. The molecule has 1 aromatic carbocycles. The summed E-state index contributed by atoms with van der Waals surface area (Å²) in [6.45, 7) is 3.62. The molecule has 2 rings (SSSR count). The molecule has 96 valence electrons. The lowest BCUT2D eigenvalue weighted by molar-refractivity contribution is 0.202. The monoisotopic (exact) mass is 283 g/mol. The maximum atomic E-state index is 13.4.